The molecule has 0 bridgehead atoms. The Bertz CT molecular complexity index is 224. The third-order valence-corrected chi connectivity index (χ3v) is 2.64. The lowest BCUT2D eigenvalue weighted by atomic mass is 9.72. The third-order valence-electron chi connectivity index (χ3n) is 2.64. The molecule has 1 saturated carbocycles. The van der Waals surface area contributed by atoms with Crippen LogP contribution >= 0.6 is 0 Å². The number of benzene rings is 1. The first-order valence-electron chi connectivity index (χ1n) is 4.41. The number of rotatable bonds is 1. The van der Waals surface area contributed by atoms with Crippen LogP contribution < -0.4 is 6.15 Å². The van der Waals surface area contributed by atoms with Gasteiger partial charge in [-0.25, -0.2) is 0 Å². The maximum atomic E-state index is 2.33. The van der Waals surface area contributed by atoms with Crippen molar-refractivity contribution in [1.82, 2.24) is 6.15 Å². The van der Waals surface area contributed by atoms with Crippen molar-refractivity contribution in [3.8, 4) is 0 Å². The zero-order chi connectivity index (χ0) is 7.68. The van der Waals surface area contributed by atoms with Gasteiger partial charge >= 0.3 is 0 Å². The van der Waals surface area contributed by atoms with Crippen molar-refractivity contribution in [2.45, 2.75) is 25.7 Å². The second-order valence-electron chi connectivity index (χ2n) is 3.68. The summed E-state index contributed by atoms with van der Waals surface area (Å²) in [6.07, 6.45) is 2.79. The lowest BCUT2D eigenvalue weighted by molar-refractivity contribution is 0.288. The molecule has 1 aliphatic rings. The summed E-state index contributed by atoms with van der Waals surface area (Å²) in [5.41, 5.74) is 1.53. The Hall–Kier alpha value is -0.820. The Balaban J connectivity index is 0.000000720. The quantitative estimate of drug-likeness (QED) is 0.676. The highest BCUT2D eigenvalue weighted by Gasteiger charge is 2.25. The molecule has 0 amide bonds. The van der Waals surface area contributed by atoms with Crippen molar-refractivity contribution in [3.63, 3.8) is 0 Å². The van der Waals surface area contributed by atoms with Gasteiger partial charge in [0.1, 0.15) is 0 Å². The Morgan fingerprint density at radius 1 is 1.08 bits per heavy atom. The average molecular weight is 163 g/mol. The van der Waals surface area contributed by atoms with Crippen LogP contribution in [0, 0.1) is 5.92 Å². The molecule has 66 valence electrons. The molecule has 0 radical (unpaired) electrons. The van der Waals surface area contributed by atoms with E-state index in [0.29, 0.717) is 0 Å². The Kier molecular flexibility index (Phi) is 2.88. The van der Waals surface area contributed by atoms with E-state index in [-0.39, 0.29) is 6.15 Å². The van der Waals surface area contributed by atoms with Gasteiger partial charge in [-0.3, -0.25) is 0 Å². The van der Waals surface area contributed by atoms with Crippen molar-refractivity contribution < 1.29 is 0 Å². The van der Waals surface area contributed by atoms with E-state index in [1.165, 1.54) is 18.4 Å². The maximum absolute atomic E-state index is 2.33. The molecule has 1 heteroatoms. The van der Waals surface area contributed by atoms with Crippen LogP contribution in [0.4, 0.5) is 0 Å². The fourth-order valence-electron chi connectivity index (χ4n) is 1.90. The van der Waals surface area contributed by atoms with Crippen molar-refractivity contribution in [2.24, 2.45) is 5.92 Å². The summed E-state index contributed by atoms with van der Waals surface area (Å²) in [7, 11) is 0. The van der Waals surface area contributed by atoms with E-state index >= 15 is 0 Å². The Morgan fingerprint density at radius 3 is 2.17 bits per heavy atom. The molecule has 1 nitrogen and oxygen atoms in total. The number of hydrogen-bond donors (Lipinski definition) is 1. The van der Waals surface area contributed by atoms with Crippen LogP contribution in [0.5, 0.6) is 0 Å². The lowest BCUT2D eigenvalue weighted by Gasteiger charge is -2.32. The molecule has 0 aliphatic heterocycles. The molecule has 0 atom stereocenters. The lowest BCUT2D eigenvalue weighted by Crippen LogP contribution is -2.18. The molecular formula is C11H17N. The van der Waals surface area contributed by atoms with Crippen LogP contribution in [0.1, 0.15) is 31.2 Å². The first-order chi connectivity index (χ1) is 5.36. The SMILES string of the molecule is CC1CC(c2ccccc2)C1.N. The van der Waals surface area contributed by atoms with Crippen LogP contribution in [-0.4, -0.2) is 0 Å². The van der Waals surface area contributed by atoms with Crippen LogP contribution in [0.3, 0.4) is 0 Å². The predicted molar refractivity (Wildman–Crippen MR) is 52.6 cm³/mol. The van der Waals surface area contributed by atoms with Crippen molar-refractivity contribution in [2.75, 3.05) is 0 Å². The van der Waals surface area contributed by atoms with Crippen molar-refractivity contribution in [1.29, 1.82) is 0 Å². The molecule has 1 aromatic carbocycles. The normalized spacial score (nSPS) is 27.1. The van der Waals surface area contributed by atoms with E-state index in [2.05, 4.69) is 37.3 Å². The summed E-state index contributed by atoms with van der Waals surface area (Å²) in [5.74, 6) is 1.83. The topological polar surface area (TPSA) is 35.0 Å². The minimum atomic E-state index is 0. The second kappa shape index (κ2) is 3.72. The molecule has 0 heterocycles. The van der Waals surface area contributed by atoms with Gasteiger partial charge in [0.2, 0.25) is 0 Å². The van der Waals surface area contributed by atoms with Gasteiger partial charge in [-0.2, -0.15) is 0 Å². The molecule has 1 aromatic rings. The smallest absolute Gasteiger partial charge is 0.0157 e. The molecule has 0 saturated heterocycles. The largest absolute Gasteiger partial charge is 0.344 e. The van der Waals surface area contributed by atoms with Crippen LogP contribution in [-0.2, 0) is 0 Å². The van der Waals surface area contributed by atoms with Gasteiger partial charge in [-0.15, -0.1) is 0 Å². The predicted octanol–water partition coefficient (Wildman–Crippen LogP) is 3.36. The average Bonchev–Trinajstić information content (AvgIpc) is 2.01. The summed E-state index contributed by atoms with van der Waals surface area (Å²) < 4.78 is 0. The van der Waals surface area contributed by atoms with E-state index in [1.807, 2.05) is 0 Å². The Labute approximate surface area is 74.4 Å². The van der Waals surface area contributed by atoms with E-state index in [4.69, 9.17) is 0 Å². The molecular weight excluding hydrogens is 146 g/mol. The van der Waals surface area contributed by atoms with Gasteiger partial charge < -0.3 is 6.15 Å². The van der Waals surface area contributed by atoms with Gasteiger partial charge in [0.25, 0.3) is 0 Å². The van der Waals surface area contributed by atoms with Gasteiger partial charge in [-0.05, 0) is 30.2 Å². The van der Waals surface area contributed by atoms with Gasteiger partial charge in [0.05, 0.1) is 0 Å². The molecule has 0 spiro atoms. The highest BCUT2D eigenvalue weighted by Crippen LogP contribution is 2.40. The first kappa shape index (κ1) is 9.27. The molecule has 0 aromatic heterocycles. The highest BCUT2D eigenvalue weighted by molar-refractivity contribution is 5.21. The van der Waals surface area contributed by atoms with Crippen molar-refractivity contribution >= 4 is 0 Å². The van der Waals surface area contributed by atoms with E-state index < -0.39 is 0 Å². The fourth-order valence-corrected chi connectivity index (χ4v) is 1.90. The van der Waals surface area contributed by atoms with Crippen LogP contribution in [0.15, 0.2) is 30.3 Å². The monoisotopic (exact) mass is 163 g/mol. The zero-order valence-electron chi connectivity index (χ0n) is 7.66. The molecule has 2 rings (SSSR count). The standard InChI is InChI=1S/C11H14.H3N/c1-9-7-11(8-9)10-5-3-2-4-6-10;/h2-6,9,11H,7-8H2,1H3;1H3. The Morgan fingerprint density at radius 2 is 1.67 bits per heavy atom. The molecule has 1 aliphatic carbocycles. The minimum absolute atomic E-state index is 0. The minimum Gasteiger partial charge on any atom is -0.344 e. The summed E-state index contributed by atoms with van der Waals surface area (Å²) in [6.45, 7) is 2.33. The third kappa shape index (κ3) is 1.67. The van der Waals surface area contributed by atoms with Gasteiger partial charge in [0, 0.05) is 0 Å². The zero-order valence-corrected chi connectivity index (χ0v) is 7.66. The van der Waals surface area contributed by atoms with E-state index in [0.717, 1.165) is 11.8 Å². The van der Waals surface area contributed by atoms with E-state index in [1.54, 1.807) is 0 Å². The van der Waals surface area contributed by atoms with Gasteiger partial charge in [-0.1, -0.05) is 37.3 Å². The van der Waals surface area contributed by atoms with Gasteiger partial charge in [0.15, 0.2) is 0 Å². The fraction of sp³-hybridized carbons (Fsp3) is 0.455. The summed E-state index contributed by atoms with van der Waals surface area (Å²) in [6, 6.07) is 10.9. The molecule has 0 unspecified atom stereocenters. The molecule has 1 fully saturated rings. The van der Waals surface area contributed by atoms with E-state index in [9.17, 15) is 0 Å². The number of hydrogen-bond acceptors (Lipinski definition) is 1. The summed E-state index contributed by atoms with van der Waals surface area (Å²) in [4.78, 5) is 0. The second-order valence-corrected chi connectivity index (χ2v) is 3.68. The first-order valence-corrected chi connectivity index (χ1v) is 4.41. The molecule has 12 heavy (non-hydrogen) atoms. The molecule has 3 N–H and O–H groups in total. The van der Waals surface area contributed by atoms with Crippen LogP contribution in [0.2, 0.25) is 0 Å². The summed E-state index contributed by atoms with van der Waals surface area (Å²) >= 11 is 0. The maximum Gasteiger partial charge on any atom is -0.0157 e. The van der Waals surface area contributed by atoms with Crippen molar-refractivity contribution in [3.05, 3.63) is 35.9 Å². The van der Waals surface area contributed by atoms with Crippen LogP contribution in [0.25, 0.3) is 0 Å². The summed E-state index contributed by atoms with van der Waals surface area (Å²) in [5, 5.41) is 0. The highest BCUT2D eigenvalue weighted by atomic mass is 14.3.